The number of allylic oxidation sites excluding steroid dienone is 1. The van der Waals surface area contributed by atoms with Crippen molar-refractivity contribution in [2.75, 3.05) is 0 Å². The van der Waals surface area contributed by atoms with Crippen LogP contribution in [0.25, 0.3) is 6.08 Å². The fraction of sp³-hybridized carbons (Fsp3) is 0.0435. The summed E-state index contributed by atoms with van der Waals surface area (Å²) in [5.74, 6) is 6.74. The van der Waals surface area contributed by atoms with Crippen molar-refractivity contribution in [3.63, 3.8) is 0 Å². The van der Waals surface area contributed by atoms with E-state index in [1.807, 2.05) is 54.6 Å². The molecule has 0 saturated heterocycles. The van der Waals surface area contributed by atoms with Gasteiger partial charge in [0.1, 0.15) is 0 Å². The van der Waals surface area contributed by atoms with Crippen LogP contribution in [0.1, 0.15) is 22.6 Å². The molecule has 0 bridgehead atoms. The van der Waals surface area contributed by atoms with Crippen LogP contribution in [0.4, 0.5) is 0 Å². The Morgan fingerprint density at radius 1 is 0.652 bits per heavy atom. The second-order valence-corrected chi connectivity index (χ2v) is 5.29. The molecule has 0 heterocycles. The summed E-state index contributed by atoms with van der Waals surface area (Å²) < 4.78 is 0. The Labute approximate surface area is 138 Å². The van der Waals surface area contributed by atoms with Crippen LogP contribution in [0.5, 0.6) is 0 Å². The van der Waals surface area contributed by atoms with Crippen LogP contribution in [0, 0.1) is 11.8 Å². The van der Waals surface area contributed by atoms with Gasteiger partial charge in [-0.3, -0.25) is 0 Å². The molecule has 0 radical (unpaired) electrons. The van der Waals surface area contributed by atoms with Crippen LogP contribution < -0.4 is 0 Å². The average Bonchev–Trinajstić information content (AvgIpc) is 2.64. The lowest BCUT2D eigenvalue weighted by Crippen LogP contribution is -1.91. The Morgan fingerprint density at radius 2 is 1.22 bits per heavy atom. The molecule has 0 aromatic heterocycles. The van der Waals surface area contributed by atoms with Crippen LogP contribution in [-0.2, 0) is 0 Å². The first kappa shape index (κ1) is 14.9. The molecule has 23 heavy (non-hydrogen) atoms. The van der Waals surface area contributed by atoms with Gasteiger partial charge in [0.15, 0.2) is 0 Å². The van der Waals surface area contributed by atoms with Gasteiger partial charge in [-0.15, -0.1) is 0 Å². The summed E-state index contributed by atoms with van der Waals surface area (Å²) in [7, 11) is 0. The summed E-state index contributed by atoms with van der Waals surface area (Å²) in [6.45, 7) is 0. The van der Waals surface area contributed by atoms with Crippen LogP contribution in [0.3, 0.4) is 0 Å². The topological polar surface area (TPSA) is 0 Å². The molecule has 0 heteroatoms. The van der Waals surface area contributed by atoms with Gasteiger partial charge in [-0.2, -0.15) is 0 Å². The summed E-state index contributed by atoms with van der Waals surface area (Å²) >= 11 is 0. The monoisotopic (exact) mass is 294 g/mol. The molecule has 0 amide bonds. The maximum atomic E-state index is 3.39. The van der Waals surface area contributed by atoms with Crippen LogP contribution >= 0.6 is 0 Å². The van der Waals surface area contributed by atoms with E-state index in [2.05, 4.69) is 60.4 Å². The molecule has 1 unspecified atom stereocenters. The van der Waals surface area contributed by atoms with E-state index < -0.39 is 0 Å². The molecule has 0 aliphatic heterocycles. The zero-order valence-electron chi connectivity index (χ0n) is 12.9. The van der Waals surface area contributed by atoms with Gasteiger partial charge < -0.3 is 0 Å². The molecule has 1 atom stereocenters. The van der Waals surface area contributed by atoms with Gasteiger partial charge in [-0.25, -0.2) is 0 Å². The summed E-state index contributed by atoms with van der Waals surface area (Å²) in [5.41, 5.74) is 3.44. The normalized spacial score (nSPS) is 11.7. The van der Waals surface area contributed by atoms with Crippen LogP contribution in [-0.4, -0.2) is 0 Å². The summed E-state index contributed by atoms with van der Waals surface area (Å²) in [6.07, 6.45) is 4.30. The fourth-order valence-electron chi connectivity index (χ4n) is 2.36. The van der Waals surface area contributed by atoms with Crippen molar-refractivity contribution in [3.05, 3.63) is 114 Å². The highest BCUT2D eigenvalue weighted by atomic mass is 14.1. The van der Waals surface area contributed by atoms with E-state index in [-0.39, 0.29) is 5.92 Å². The highest BCUT2D eigenvalue weighted by Gasteiger charge is 2.03. The number of benzene rings is 3. The maximum Gasteiger partial charge on any atom is 0.0639 e. The van der Waals surface area contributed by atoms with E-state index in [1.165, 1.54) is 11.1 Å². The Balaban J connectivity index is 1.89. The lowest BCUT2D eigenvalue weighted by molar-refractivity contribution is 1.13. The average molecular weight is 294 g/mol. The van der Waals surface area contributed by atoms with E-state index in [4.69, 9.17) is 0 Å². The van der Waals surface area contributed by atoms with Crippen molar-refractivity contribution in [2.24, 2.45) is 0 Å². The highest BCUT2D eigenvalue weighted by Crippen LogP contribution is 2.18. The molecule has 110 valence electrons. The van der Waals surface area contributed by atoms with Crippen molar-refractivity contribution in [1.29, 1.82) is 0 Å². The summed E-state index contributed by atoms with van der Waals surface area (Å²) in [4.78, 5) is 0. The van der Waals surface area contributed by atoms with Gasteiger partial charge >= 0.3 is 0 Å². The van der Waals surface area contributed by atoms with E-state index in [0.717, 1.165) is 5.56 Å². The van der Waals surface area contributed by atoms with E-state index >= 15 is 0 Å². The van der Waals surface area contributed by atoms with Gasteiger partial charge in [-0.1, -0.05) is 103 Å². The molecule has 0 saturated carbocycles. The van der Waals surface area contributed by atoms with Gasteiger partial charge in [0, 0.05) is 5.56 Å². The van der Waals surface area contributed by atoms with Gasteiger partial charge in [0.25, 0.3) is 0 Å². The molecule has 0 aliphatic carbocycles. The quantitative estimate of drug-likeness (QED) is 0.557. The predicted octanol–water partition coefficient (Wildman–Crippen LogP) is 5.54. The zero-order valence-corrected chi connectivity index (χ0v) is 12.9. The van der Waals surface area contributed by atoms with Crippen molar-refractivity contribution in [3.8, 4) is 11.8 Å². The molecule has 3 aromatic carbocycles. The minimum atomic E-state index is 0.0802. The minimum absolute atomic E-state index is 0.0802. The summed E-state index contributed by atoms with van der Waals surface area (Å²) in [5, 5.41) is 0. The number of hydrogen-bond donors (Lipinski definition) is 0. The van der Waals surface area contributed by atoms with Gasteiger partial charge in [-0.05, 0) is 23.3 Å². The maximum absolute atomic E-state index is 3.39. The van der Waals surface area contributed by atoms with Crippen LogP contribution in [0.15, 0.2) is 97.1 Å². The molecule has 0 nitrogen and oxygen atoms in total. The SMILES string of the molecule is C(#CC(/C=C/c1ccccc1)c1ccccc1)c1ccccc1. The van der Waals surface area contributed by atoms with Gasteiger partial charge in [0.2, 0.25) is 0 Å². The van der Waals surface area contributed by atoms with Crippen molar-refractivity contribution >= 4 is 6.08 Å². The predicted molar refractivity (Wildman–Crippen MR) is 98.0 cm³/mol. The molecule has 0 spiro atoms. The lowest BCUT2D eigenvalue weighted by atomic mass is 9.98. The third-order valence-electron chi connectivity index (χ3n) is 3.59. The number of hydrogen-bond acceptors (Lipinski definition) is 0. The zero-order chi connectivity index (χ0) is 15.7. The Bertz CT molecular complexity index is 803. The third kappa shape index (κ3) is 4.46. The Kier molecular flexibility index (Phi) is 5.06. The van der Waals surface area contributed by atoms with Crippen molar-refractivity contribution in [1.82, 2.24) is 0 Å². The van der Waals surface area contributed by atoms with Crippen molar-refractivity contribution in [2.45, 2.75) is 5.92 Å². The van der Waals surface area contributed by atoms with E-state index in [1.54, 1.807) is 0 Å². The first-order valence-electron chi connectivity index (χ1n) is 7.76. The largest absolute Gasteiger partial charge is 0.0855 e. The Hall–Kier alpha value is -3.04. The van der Waals surface area contributed by atoms with Gasteiger partial charge in [0.05, 0.1) is 5.92 Å². The molecule has 0 aliphatic rings. The smallest absolute Gasteiger partial charge is 0.0639 e. The highest BCUT2D eigenvalue weighted by molar-refractivity contribution is 5.53. The second kappa shape index (κ2) is 7.82. The number of rotatable bonds is 3. The van der Waals surface area contributed by atoms with Crippen LogP contribution in [0.2, 0.25) is 0 Å². The lowest BCUT2D eigenvalue weighted by Gasteiger charge is -2.06. The first-order chi connectivity index (χ1) is 11.4. The van der Waals surface area contributed by atoms with Crippen molar-refractivity contribution < 1.29 is 0 Å². The van der Waals surface area contributed by atoms with E-state index in [0.29, 0.717) is 0 Å². The Morgan fingerprint density at radius 3 is 1.87 bits per heavy atom. The molecule has 3 rings (SSSR count). The molecule has 3 aromatic rings. The molecule has 0 fully saturated rings. The van der Waals surface area contributed by atoms with E-state index in [9.17, 15) is 0 Å². The summed E-state index contributed by atoms with van der Waals surface area (Å²) in [6, 6.07) is 30.8. The molecular weight excluding hydrogens is 276 g/mol. The first-order valence-corrected chi connectivity index (χ1v) is 7.76. The molecular formula is C23H18. The minimum Gasteiger partial charge on any atom is -0.0855 e. The standard InChI is InChI=1S/C23H18/c1-4-10-20(11-5-1)16-18-23(22-14-8-3-9-15-22)19-17-21-12-6-2-7-13-21/h1-16,18,23H/b18-16+. The molecule has 0 N–H and O–H groups in total. The second-order valence-electron chi connectivity index (χ2n) is 5.29. The third-order valence-corrected chi connectivity index (χ3v) is 3.59. The fourth-order valence-corrected chi connectivity index (χ4v) is 2.36.